The lowest BCUT2D eigenvalue weighted by Gasteiger charge is -2.31. The second-order valence-corrected chi connectivity index (χ2v) is 4.15. The Balaban J connectivity index is 1.84. The standard InChI is InChI=1S/C13H18O2/c1-2-15-9-12(14)8-11-7-10-5-3-4-6-13(10)11/h3-6,11-12,14H,2,7-9H2,1H3. The van der Waals surface area contributed by atoms with E-state index in [0.717, 1.165) is 12.8 Å². The van der Waals surface area contributed by atoms with Crippen molar-refractivity contribution in [1.82, 2.24) is 0 Å². The molecule has 1 N–H and O–H groups in total. The summed E-state index contributed by atoms with van der Waals surface area (Å²) in [4.78, 5) is 0. The SMILES string of the molecule is CCOCC(O)CC1Cc2ccccc21. The maximum Gasteiger partial charge on any atom is 0.0779 e. The van der Waals surface area contributed by atoms with Crippen LogP contribution in [0, 0.1) is 0 Å². The van der Waals surface area contributed by atoms with E-state index in [1.807, 2.05) is 6.92 Å². The van der Waals surface area contributed by atoms with Crippen LogP contribution in [0.15, 0.2) is 24.3 Å². The summed E-state index contributed by atoms with van der Waals surface area (Å²) in [5, 5.41) is 9.72. The van der Waals surface area contributed by atoms with Gasteiger partial charge < -0.3 is 9.84 Å². The number of fused-ring (bicyclic) bond motifs is 1. The molecule has 0 heterocycles. The number of aliphatic hydroxyl groups is 1. The first-order valence-corrected chi connectivity index (χ1v) is 5.65. The minimum absolute atomic E-state index is 0.316. The summed E-state index contributed by atoms with van der Waals surface area (Å²) in [6, 6.07) is 8.48. The molecule has 0 radical (unpaired) electrons. The smallest absolute Gasteiger partial charge is 0.0779 e. The minimum atomic E-state index is -0.316. The zero-order valence-electron chi connectivity index (χ0n) is 9.15. The number of hydrogen-bond donors (Lipinski definition) is 1. The van der Waals surface area contributed by atoms with Crippen molar-refractivity contribution in [3.8, 4) is 0 Å². The van der Waals surface area contributed by atoms with Crippen LogP contribution in [0.3, 0.4) is 0 Å². The highest BCUT2D eigenvalue weighted by molar-refractivity contribution is 5.39. The molecule has 0 fully saturated rings. The van der Waals surface area contributed by atoms with Gasteiger partial charge in [0.25, 0.3) is 0 Å². The van der Waals surface area contributed by atoms with Crippen molar-refractivity contribution in [3.63, 3.8) is 0 Å². The molecule has 0 amide bonds. The summed E-state index contributed by atoms with van der Waals surface area (Å²) in [6.07, 6.45) is 1.62. The summed E-state index contributed by atoms with van der Waals surface area (Å²) in [7, 11) is 0. The van der Waals surface area contributed by atoms with Crippen molar-refractivity contribution >= 4 is 0 Å². The first kappa shape index (κ1) is 10.7. The number of hydrogen-bond acceptors (Lipinski definition) is 2. The third-order valence-electron chi connectivity index (χ3n) is 3.03. The number of aliphatic hydroxyl groups excluding tert-OH is 1. The van der Waals surface area contributed by atoms with Gasteiger partial charge in [0.2, 0.25) is 0 Å². The van der Waals surface area contributed by atoms with Gasteiger partial charge in [-0.25, -0.2) is 0 Å². The van der Waals surface area contributed by atoms with E-state index in [-0.39, 0.29) is 6.10 Å². The zero-order valence-corrected chi connectivity index (χ0v) is 9.15. The van der Waals surface area contributed by atoms with Crippen molar-refractivity contribution in [3.05, 3.63) is 35.4 Å². The third-order valence-corrected chi connectivity index (χ3v) is 3.03. The van der Waals surface area contributed by atoms with Gasteiger partial charge in [0, 0.05) is 6.61 Å². The molecule has 82 valence electrons. The van der Waals surface area contributed by atoms with E-state index in [1.165, 1.54) is 11.1 Å². The molecule has 2 heteroatoms. The minimum Gasteiger partial charge on any atom is -0.391 e. The molecule has 0 spiro atoms. The maximum atomic E-state index is 9.72. The van der Waals surface area contributed by atoms with E-state index >= 15 is 0 Å². The fraction of sp³-hybridized carbons (Fsp3) is 0.538. The van der Waals surface area contributed by atoms with Crippen molar-refractivity contribution < 1.29 is 9.84 Å². The van der Waals surface area contributed by atoms with E-state index in [9.17, 15) is 5.11 Å². The molecular formula is C13H18O2. The van der Waals surface area contributed by atoms with Crippen LogP contribution in [0.4, 0.5) is 0 Å². The van der Waals surface area contributed by atoms with E-state index < -0.39 is 0 Å². The third kappa shape index (κ3) is 2.39. The van der Waals surface area contributed by atoms with Crippen LogP contribution in [-0.4, -0.2) is 24.4 Å². The second kappa shape index (κ2) is 4.77. The molecule has 0 saturated heterocycles. The van der Waals surface area contributed by atoms with Gasteiger partial charge in [0.05, 0.1) is 12.7 Å². The van der Waals surface area contributed by atoms with E-state index in [4.69, 9.17) is 4.74 Å². The number of ether oxygens (including phenoxy) is 1. The van der Waals surface area contributed by atoms with Gasteiger partial charge in [-0.1, -0.05) is 24.3 Å². The summed E-state index contributed by atoms with van der Waals surface area (Å²) >= 11 is 0. The lowest BCUT2D eigenvalue weighted by Crippen LogP contribution is -2.25. The van der Waals surface area contributed by atoms with E-state index in [0.29, 0.717) is 19.1 Å². The predicted molar refractivity (Wildman–Crippen MR) is 60.0 cm³/mol. The molecule has 1 aliphatic rings. The number of rotatable bonds is 5. The van der Waals surface area contributed by atoms with Crippen LogP contribution in [0.2, 0.25) is 0 Å². The Kier molecular flexibility index (Phi) is 3.39. The van der Waals surface area contributed by atoms with Crippen LogP contribution in [0.1, 0.15) is 30.4 Å². The fourth-order valence-corrected chi connectivity index (χ4v) is 2.22. The normalized spacial score (nSPS) is 20.5. The molecule has 15 heavy (non-hydrogen) atoms. The first-order chi connectivity index (χ1) is 7.31. The highest BCUT2D eigenvalue weighted by Gasteiger charge is 2.27. The molecular weight excluding hydrogens is 188 g/mol. The van der Waals surface area contributed by atoms with Crippen LogP contribution in [0.25, 0.3) is 0 Å². The van der Waals surface area contributed by atoms with Gasteiger partial charge in [0.1, 0.15) is 0 Å². The van der Waals surface area contributed by atoms with E-state index in [2.05, 4.69) is 24.3 Å². The van der Waals surface area contributed by atoms with E-state index in [1.54, 1.807) is 0 Å². The van der Waals surface area contributed by atoms with Gasteiger partial charge in [-0.15, -0.1) is 0 Å². The monoisotopic (exact) mass is 206 g/mol. The Labute approximate surface area is 90.9 Å². The molecule has 1 aromatic rings. The molecule has 0 bridgehead atoms. The Morgan fingerprint density at radius 2 is 2.27 bits per heavy atom. The summed E-state index contributed by atoms with van der Waals surface area (Å²) in [5.41, 5.74) is 2.85. The second-order valence-electron chi connectivity index (χ2n) is 4.15. The predicted octanol–water partition coefficient (Wildman–Crippen LogP) is 2.11. The fourth-order valence-electron chi connectivity index (χ4n) is 2.22. The van der Waals surface area contributed by atoms with Gasteiger partial charge in [-0.3, -0.25) is 0 Å². The molecule has 2 nitrogen and oxygen atoms in total. The zero-order chi connectivity index (χ0) is 10.7. The molecule has 2 atom stereocenters. The summed E-state index contributed by atoms with van der Waals surface area (Å²) in [6.45, 7) is 3.10. The summed E-state index contributed by atoms with van der Waals surface area (Å²) < 4.78 is 5.20. The molecule has 0 aromatic heterocycles. The lowest BCUT2D eigenvalue weighted by molar-refractivity contribution is 0.0331. The van der Waals surface area contributed by atoms with Gasteiger partial charge in [-0.05, 0) is 36.8 Å². The Morgan fingerprint density at radius 3 is 3.00 bits per heavy atom. The van der Waals surface area contributed by atoms with Crippen LogP contribution >= 0.6 is 0 Å². The Hall–Kier alpha value is -0.860. The average Bonchev–Trinajstić information content (AvgIpc) is 2.23. The van der Waals surface area contributed by atoms with Crippen LogP contribution in [0.5, 0.6) is 0 Å². The Morgan fingerprint density at radius 1 is 1.47 bits per heavy atom. The van der Waals surface area contributed by atoms with Crippen molar-refractivity contribution in [2.75, 3.05) is 13.2 Å². The molecule has 2 rings (SSSR count). The van der Waals surface area contributed by atoms with Crippen LogP contribution < -0.4 is 0 Å². The largest absolute Gasteiger partial charge is 0.391 e. The van der Waals surface area contributed by atoms with Crippen molar-refractivity contribution in [2.45, 2.75) is 31.8 Å². The quantitative estimate of drug-likeness (QED) is 0.799. The highest BCUT2D eigenvalue weighted by Crippen LogP contribution is 2.37. The molecule has 1 aliphatic carbocycles. The maximum absolute atomic E-state index is 9.72. The molecule has 1 aromatic carbocycles. The lowest BCUT2D eigenvalue weighted by atomic mass is 9.75. The topological polar surface area (TPSA) is 29.5 Å². The molecule has 2 unspecified atom stereocenters. The highest BCUT2D eigenvalue weighted by atomic mass is 16.5. The van der Waals surface area contributed by atoms with Crippen molar-refractivity contribution in [1.29, 1.82) is 0 Å². The first-order valence-electron chi connectivity index (χ1n) is 5.65. The van der Waals surface area contributed by atoms with Gasteiger partial charge in [-0.2, -0.15) is 0 Å². The van der Waals surface area contributed by atoms with Gasteiger partial charge in [0.15, 0.2) is 0 Å². The molecule has 0 saturated carbocycles. The van der Waals surface area contributed by atoms with Crippen molar-refractivity contribution in [2.24, 2.45) is 0 Å². The van der Waals surface area contributed by atoms with Crippen LogP contribution in [-0.2, 0) is 11.2 Å². The summed E-state index contributed by atoms with van der Waals surface area (Å²) in [5.74, 6) is 0.539. The Bertz CT molecular complexity index is 322. The van der Waals surface area contributed by atoms with Gasteiger partial charge >= 0.3 is 0 Å². The molecule has 0 aliphatic heterocycles. The number of benzene rings is 1. The average molecular weight is 206 g/mol.